The minimum Gasteiger partial charge on any atom is -0.141 e. The van der Waals surface area contributed by atoms with Crippen LogP contribution in [0.4, 0.5) is 0 Å². The van der Waals surface area contributed by atoms with Gasteiger partial charge in [0.05, 0.1) is 1.37 Å². The van der Waals surface area contributed by atoms with Gasteiger partial charge in [0.15, 0.2) is 0 Å². The zero-order chi connectivity index (χ0) is 11.2. The first-order valence-corrected chi connectivity index (χ1v) is 5.71. The molecule has 0 aliphatic heterocycles. The second kappa shape index (κ2) is 3.09. The maximum atomic E-state index is 7.98. The highest BCUT2D eigenvalue weighted by atomic mass is 32.1. The Hall–Kier alpha value is -0.820. The molecule has 1 aromatic carbocycles. The Kier molecular flexibility index (Phi) is 1.88. The Morgan fingerprint density at radius 1 is 1.29 bits per heavy atom. The van der Waals surface area contributed by atoms with Crippen LogP contribution >= 0.6 is 11.3 Å². The van der Waals surface area contributed by atoms with Crippen LogP contribution in [0.15, 0.2) is 24.2 Å². The molecule has 1 heterocycles. The van der Waals surface area contributed by atoms with Crippen LogP contribution in [0.5, 0.6) is 0 Å². The third kappa shape index (κ3) is 1.69. The van der Waals surface area contributed by atoms with Crippen LogP contribution in [0.3, 0.4) is 0 Å². The molecule has 1 aromatic heterocycles. The van der Waals surface area contributed by atoms with E-state index in [1.54, 1.807) is 11.3 Å². The number of rotatable bonds is 0. The fourth-order valence-corrected chi connectivity index (χ4v) is 2.41. The average molecular weight is 205 g/mol. The van der Waals surface area contributed by atoms with Gasteiger partial charge in [-0.15, -0.1) is 11.3 Å². The number of fused-ring (bicyclic) bond motifs is 1. The smallest absolute Gasteiger partial charge is 0.0641 e. The van der Waals surface area contributed by atoms with Crippen LogP contribution in [0.2, 0.25) is 0 Å². The van der Waals surface area contributed by atoms with Crippen molar-refractivity contribution < 1.29 is 1.37 Å². The van der Waals surface area contributed by atoms with Crippen molar-refractivity contribution in [2.24, 2.45) is 0 Å². The van der Waals surface area contributed by atoms with E-state index in [4.69, 9.17) is 1.37 Å². The Balaban J connectivity index is 2.70. The Morgan fingerprint density at radius 2 is 2.00 bits per heavy atom. The summed E-state index contributed by atoms with van der Waals surface area (Å²) in [5.41, 5.74) is 1.47. The maximum Gasteiger partial charge on any atom is 0.0641 e. The molecule has 2 aromatic rings. The Morgan fingerprint density at radius 3 is 2.64 bits per heavy atom. The molecule has 1 heteroatoms. The second-order valence-corrected chi connectivity index (χ2v) is 6.00. The summed E-state index contributed by atoms with van der Waals surface area (Å²) in [7, 11) is 0. The van der Waals surface area contributed by atoms with E-state index in [9.17, 15) is 0 Å². The lowest BCUT2D eigenvalue weighted by atomic mass is 9.87. The van der Waals surface area contributed by atoms with Crippen molar-refractivity contribution in [3.63, 3.8) is 0 Å². The van der Waals surface area contributed by atoms with E-state index in [0.29, 0.717) is 6.04 Å². The highest BCUT2D eigenvalue weighted by Crippen LogP contribution is 2.30. The molecular weight excluding hydrogens is 188 g/mol. The minimum absolute atomic E-state index is 0.163. The summed E-state index contributed by atoms with van der Waals surface area (Å²) in [6, 6.07) is 7.19. The van der Waals surface area contributed by atoms with E-state index in [0.717, 1.165) is 10.3 Å². The first kappa shape index (κ1) is 8.49. The summed E-state index contributed by atoms with van der Waals surface area (Å²) in [6.45, 7) is 8.63. The van der Waals surface area contributed by atoms with Gasteiger partial charge in [-0.3, -0.25) is 0 Å². The molecule has 0 unspecified atom stereocenters. The maximum absolute atomic E-state index is 7.98. The summed E-state index contributed by atoms with van der Waals surface area (Å²) < 4.78 is 9.21. The minimum atomic E-state index is 0.163. The molecule has 0 bridgehead atoms. The molecule has 0 spiro atoms. The molecule has 0 radical (unpaired) electrons. The molecule has 0 saturated carbocycles. The summed E-state index contributed by atoms with van der Waals surface area (Å²) >= 11 is 1.71. The molecule has 0 aliphatic rings. The molecule has 0 fully saturated rings. The Labute approximate surface area is 91.0 Å². The van der Waals surface area contributed by atoms with Gasteiger partial charge in [-0.25, -0.2) is 0 Å². The molecule has 14 heavy (non-hydrogen) atoms. The highest BCUT2D eigenvalue weighted by Gasteiger charge is 2.13. The van der Waals surface area contributed by atoms with Crippen LogP contribution in [0.1, 0.15) is 32.6 Å². The van der Waals surface area contributed by atoms with E-state index in [2.05, 4.69) is 39.0 Å². The topological polar surface area (TPSA) is 0 Å². The predicted octanol–water partition coefficient (Wildman–Crippen LogP) is 4.51. The molecule has 74 valence electrons. The first-order valence-electron chi connectivity index (χ1n) is 5.40. The van der Waals surface area contributed by atoms with Crippen LogP contribution in [0.25, 0.3) is 10.1 Å². The molecule has 0 saturated heterocycles. The fourth-order valence-electron chi connectivity index (χ4n) is 1.56. The number of hydrogen-bond donors (Lipinski definition) is 0. The van der Waals surface area contributed by atoms with Crippen molar-refractivity contribution in [3.8, 4) is 0 Å². The van der Waals surface area contributed by atoms with Crippen LogP contribution in [0, 0.1) is 6.92 Å². The van der Waals surface area contributed by atoms with Crippen molar-refractivity contribution >= 4 is 21.4 Å². The van der Waals surface area contributed by atoms with Gasteiger partial charge in [0.1, 0.15) is 0 Å². The van der Waals surface area contributed by atoms with Gasteiger partial charge in [-0.05, 0) is 41.5 Å². The predicted molar refractivity (Wildman–Crippen MR) is 65.3 cm³/mol. The molecular formula is C13H16S. The molecule has 0 atom stereocenters. The van der Waals surface area contributed by atoms with Gasteiger partial charge in [0, 0.05) is 9.58 Å². The Bertz CT molecular complexity index is 503. The van der Waals surface area contributed by atoms with Crippen molar-refractivity contribution in [1.82, 2.24) is 0 Å². The van der Waals surface area contributed by atoms with Gasteiger partial charge in [0.25, 0.3) is 0 Å². The van der Waals surface area contributed by atoms with Crippen LogP contribution in [-0.2, 0) is 5.41 Å². The van der Waals surface area contributed by atoms with Crippen molar-refractivity contribution in [2.45, 2.75) is 33.1 Å². The van der Waals surface area contributed by atoms with Crippen molar-refractivity contribution in [1.29, 1.82) is 0 Å². The van der Waals surface area contributed by atoms with E-state index in [-0.39, 0.29) is 5.41 Å². The first-order chi connectivity index (χ1) is 6.89. The van der Waals surface area contributed by atoms with Crippen LogP contribution in [-0.4, -0.2) is 0 Å². The second-order valence-electron chi connectivity index (χ2n) is 4.74. The summed E-state index contributed by atoms with van der Waals surface area (Å²) in [5, 5.41) is 1.10. The summed E-state index contributed by atoms with van der Waals surface area (Å²) in [5.74, 6) is 0. The lowest BCUT2D eigenvalue weighted by molar-refractivity contribution is 0.591. The van der Waals surface area contributed by atoms with Crippen molar-refractivity contribution in [3.05, 3.63) is 34.7 Å². The molecule has 0 nitrogen and oxygen atoms in total. The third-order valence-corrected chi connectivity index (χ3v) is 3.40. The molecule has 2 rings (SSSR count). The summed E-state index contributed by atoms with van der Waals surface area (Å²) in [4.78, 5) is 1.11. The van der Waals surface area contributed by atoms with Gasteiger partial charge >= 0.3 is 0 Å². The van der Waals surface area contributed by atoms with Gasteiger partial charge in [-0.1, -0.05) is 26.8 Å². The molecule has 0 N–H and O–H groups in total. The van der Waals surface area contributed by atoms with Gasteiger partial charge in [0.2, 0.25) is 0 Å². The quantitative estimate of drug-likeness (QED) is 0.593. The zero-order valence-corrected chi connectivity index (χ0v) is 9.96. The number of benzene rings is 1. The molecule has 0 amide bonds. The SMILES string of the molecule is [2H]c1c(C)sc2ccc(C(C)(C)C)cc12. The fraction of sp³-hybridized carbons (Fsp3) is 0.385. The van der Waals surface area contributed by atoms with E-state index in [1.165, 1.54) is 10.3 Å². The van der Waals surface area contributed by atoms with Crippen molar-refractivity contribution in [2.75, 3.05) is 0 Å². The number of aryl methyl sites for hydroxylation is 1. The van der Waals surface area contributed by atoms with Gasteiger partial charge < -0.3 is 0 Å². The van der Waals surface area contributed by atoms with E-state index < -0.39 is 0 Å². The number of hydrogen-bond acceptors (Lipinski definition) is 1. The molecule has 0 aliphatic carbocycles. The lowest BCUT2D eigenvalue weighted by Gasteiger charge is -2.18. The third-order valence-electron chi connectivity index (χ3n) is 2.42. The van der Waals surface area contributed by atoms with Gasteiger partial charge in [-0.2, -0.15) is 0 Å². The van der Waals surface area contributed by atoms with E-state index in [1.807, 2.05) is 6.92 Å². The monoisotopic (exact) mass is 205 g/mol. The lowest BCUT2D eigenvalue weighted by Crippen LogP contribution is -2.10. The van der Waals surface area contributed by atoms with E-state index >= 15 is 0 Å². The average Bonchev–Trinajstić information content (AvgIpc) is 2.41. The zero-order valence-electron chi connectivity index (χ0n) is 10.1. The summed E-state index contributed by atoms with van der Waals surface area (Å²) in [6.07, 6.45) is 0. The standard InChI is InChI=1S/C13H16S/c1-9-7-10-8-11(13(2,3)4)5-6-12(10)14-9/h5-8H,1-4H3/i7D. The largest absolute Gasteiger partial charge is 0.141 e. The highest BCUT2D eigenvalue weighted by molar-refractivity contribution is 7.19. The van der Waals surface area contributed by atoms with Crippen LogP contribution < -0.4 is 0 Å². The number of thiophene rings is 1. The normalized spacial score (nSPS) is 13.3.